The van der Waals surface area contributed by atoms with E-state index in [4.69, 9.17) is 38.4 Å². The van der Waals surface area contributed by atoms with E-state index in [0.29, 0.717) is 53.8 Å². The zero-order valence-electron chi connectivity index (χ0n) is 42.0. The monoisotopic (exact) mass is 948 g/mol. The van der Waals surface area contributed by atoms with Gasteiger partial charge in [-0.25, -0.2) is 9.59 Å². The van der Waals surface area contributed by atoms with Gasteiger partial charge in [-0.2, -0.15) is 0 Å². The van der Waals surface area contributed by atoms with E-state index in [1.807, 2.05) is 26.8 Å². The molecule has 1 fully saturated rings. The van der Waals surface area contributed by atoms with Gasteiger partial charge in [-0.1, -0.05) is 94.9 Å². The Morgan fingerprint density at radius 1 is 0.897 bits per heavy atom. The summed E-state index contributed by atoms with van der Waals surface area (Å²) in [6.07, 6.45) is 19.1. The molecule has 0 saturated heterocycles. The molecule has 0 spiro atoms. The van der Waals surface area contributed by atoms with Crippen LogP contribution in [0.5, 0.6) is 23.0 Å². The topological polar surface area (TPSA) is 167 Å². The Hall–Kier alpha value is -4.79. The number of unbranched alkanes of at least 4 members (excludes halogenated alkanes) is 11. The number of nitrogens with zero attached hydrogens (tertiary/aromatic N) is 2. The molecule has 1 saturated carbocycles. The van der Waals surface area contributed by atoms with Crippen LogP contribution in [0.3, 0.4) is 0 Å². The number of anilines is 1. The fraction of sp³-hybridized carbons (Fsp3) is 0.648. The van der Waals surface area contributed by atoms with Gasteiger partial charge in [0.1, 0.15) is 34.6 Å². The van der Waals surface area contributed by atoms with Crippen molar-refractivity contribution >= 4 is 23.6 Å². The van der Waals surface area contributed by atoms with E-state index in [1.165, 1.54) is 52.1 Å². The number of nitrogens with one attached hydrogen (secondary N) is 1. The number of oxime groups is 1. The second-order valence-electron chi connectivity index (χ2n) is 19.5. The number of aliphatic hydroxyl groups is 2. The van der Waals surface area contributed by atoms with Crippen LogP contribution < -0.4 is 24.3 Å². The van der Waals surface area contributed by atoms with E-state index in [-0.39, 0.29) is 44.0 Å². The van der Waals surface area contributed by atoms with Crippen LogP contribution in [0.25, 0.3) is 0 Å². The molecule has 2 aromatic rings. The van der Waals surface area contributed by atoms with E-state index >= 15 is 0 Å². The lowest BCUT2D eigenvalue weighted by Gasteiger charge is -2.59. The molecule has 2 amide bonds. The maximum Gasteiger partial charge on any atom is 0.417 e. The lowest BCUT2D eigenvalue weighted by Crippen LogP contribution is -2.69. The average Bonchev–Trinajstić information content (AvgIpc) is 3.32. The number of carbonyl (C=O) groups is 2. The Labute approximate surface area is 405 Å². The first-order valence-electron chi connectivity index (χ1n) is 25.2. The van der Waals surface area contributed by atoms with Gasteiger partial charge in [0, 0.05) is 44.2 Å². The number of methoxy groups -OCH3 is 2. The number of amides is 2. The second-order valence-corrected chi connectivity index (χ2v) is 19.5. The van der Waals surface area contributed by atoms with Gasteiger partial charge in [0.15, 0.2) is 0 Å². The molecule has 68 heavy (non-hydrogen) atoms. The number of hydrogen-bond donors (Lipinski definition) is 3. The minimum Gasteiger partial charge on any atom is -0.497 e. The number of ether oxygens (including phenoxy) is 6. The zero-order valence-corrected chi connectivity index (χ0v) is 42.0. The van der Waals surface area contributed by atoms with Crippen LogP contribution in [0.1, 0.15) is 148 Å². The highest BCUT2D eigenvalue weighted by atomic mass is 16.7. The number of hydrogen-bond acceptors (Lipinski definition) is 12. The van der Waals surface area contributed by atoms with Crippen molar-refractivity contribution < 1.29 is 53.1 Å². The molecule has 0 bridgehead atoms. The van der Waals surface area contributed by atoms with E-state index in [0.717, 1.165) is 56.1 Å². The van der Waals surface area contributed by atoms with Crippen LogP contribution in [0.2, 0.25) is 0 Å². The Kier molecular flexibility index (Phi) is 21.4. The van der Waals surface area contributed by atoms with Crippen molar-refractivity contribution in [3.05, 3.63) is 66.3 Å². The summed E-state index contributed by atoms with van der Waals surface area (Å²) in [7, 11) is 4.80. The Morgan fingerprint density at radius 3 is 2.22 bits per heavy atom. The smallest absolute Gasteiger partial charge is 0.417 e. The highest BCUT2D eigenvalue weighted by Gasteiger charge is 2.65. The molecular weight excluding hydrogens is 867 g/mol. The lowest BCUT2D eigenvalue weighted by molar-refractivity contribution is -0.253. The molecule has 14 nitrogen and oxygen atoms in total. The van der Waals surface area contributed by atoms with Crippen molar-refractivity contribution in [1.82, 2.24) is 4.90 Å². The van der Waals surface area contributed by atoms with Crippen LogP contribution in [0.15, 0.2) is 65.9 Å². The number of fused-ring (bicyclic) bond motifs is 2. The molecule has 0 radical (unpaired) electrons. The number of carbonyl (C=O) groups excluding carboxylic acids is 2. The molecule has 3 N–H and O–H groups in total. The maximum atomic E-state index is 14.3. The standard InChI is InChI=1S/C54H81N3O11/c1-9-11-12-13-14-15-16-17-18-23-33-64-52(61)57(6)48-37-45(56-68-53(3,4)5)42-34-38(24-19-21-30-58)41(25-20-22-31-59)49-43-35-40(27-29-46(43)67-54(48,50(42)49)65-32-10-2)66-51(60)55-44-28-26-39(62-7)36-47(44)63-8/h10,26-29,34-36,38,41,48-50,58-59H,2,9,11-25,30-33,37H2,1,3-8H3,(H,55,60). The molecule has 3 aliphatic rings. The predicted molar refractivity (Wildman–Crippen MR) is 266 cm³/mol. The molecule has 378 valence electrons. The van der Waals surface area contributed by atoms with Crippen LogP contribution in [-0.4, -0.2) is 98.1 Å². The second kappa shape index (κ2) is 26.8. The maximum absolute atomic E-state index is 14.3. The molecule has 0 aromatic heterocycles. The molecule has 5 rings (SSSR count). The van der Waals surface area contributed by atoms with Crippen LogP contribution in [0, 0.1) is 17.8 Å². The summed E-state index contributed by atoms with van der Waals surface area (Å²) in [6.45, 7) is 12.7. The predicted octanol–water partition coefficient (Wildman–Crippen LogP) is 11.7. The molecule has 14 heteroatoms. The molecule has 1 aliphatic heterocycles. The first-order valence-corrected chi connectivity index (χ1v) is 25.2. The van der Waals surface area contributed by atoms with Gasteiger partial charge in [0.2, 0.25) is 5.79 Å². The normalized spacial score (nSPS) is 22.2. The third kappa shape index (κ3) is 14.4. The molecule has 6 atom stereocenters. The molecule has 2 aromatic carbocycles. The van der Waals surface area contributed by atoms with Gasteiger partial charge in [-0.05, 0) is 101 Å². The van der Waals surface area contributed by atoms with E-state index in [2.05, 4.69) is 24.9 Å². The highest BCUT2D eigenvalue weighted by Crippen LogP contribution is 2.62. The summed E-state index contributed by atoms with van der Waals surface area (Å²) in [5, 5.41) is 27.6. The van der Waals surface area contributed by atoms with Gasteiger partial charge in [-0.15, -0.1) is 6.58 Å². The number of allylic oxidation sites excluding steroid dienone is 1. The van der Waals surface area contributed by atoms with Crippen molar-refractivity contribution in [2.45, 2.75) is 160 Å². The van der Waals surface area contributed by atoms with Gasteiger partial charge >= 0.3 is 12.2 Å². The summed E-state index contributed by atoms with van der Waals surface area (Å²) in [5.41, 5.74) is 2.19. The van der Waals surface area contributed by atoms with Crippen molar-refractivity contribution in [3.63, 3.8) is 0 Å². The number of aliphatic hydroxyl groups excluding tert-OH is 2. The number of rotatable bonds is 28. The summed E-state index contributed by atoms with van der Waals surface area (Å²) < 4.78 is 37.1. The van der Waals surface area contributed by atoms with Crippen LogP contribution in [0.4, 0.5) is 15.3 Å². The van der Waals surface area contributed by atoms with Crippen LogP contribution in [-0.2, 0) is 14.3 Å². The quantitative estimate of drug-likeness (QED) is 0.0422. The van der Waals surface area contributed by atoms with Crippen molar-refractivity contribution in [2.24, 2.45) is 22.9 Å². The van der Waals surface area contributed by atoms with Gasteiger partial charge in [-0.3, -0.25) is 5.32 Å². The third-order valence-electron chi connectivity index (χ3n) is 13.4. The van der Waals surface area contributed by atoms with Gasteiger partial charge in [0.05, 0.1) is 44.8 Å². The minimum absolute atomic E-state index is 0.0203. The van der Waals surface area contributed by atoms with E-state index in [9.17, 15) is 19.8 Å². The fourth-order valence-corrected chi connectivity index (χ4v) is 10.1. The van der Waals surface area contributed by atoms with Gasteiger partial charge < -0.3 is 48.4 Å². The van der Waals surface area contributed by atoms with E-state index in [1.54, 1.807) is 55.5 Å². The fourth-order valence-electron chi connectivity index (χ4n) is 10.1. The molecule has 1 heterocycles. The van der Waals surface area contributed by atoms with Crippen molar-refractivity contribution in [2.75, 3.05) is 53.0 Å². The minimum atomic E-state index is -1.45. The largest absolute Gasteiger partial charge is 0.497 e. The Balaban J connectivity index is 1.55. The summed E-state index contributed by atoms with van der Waals surface area (Å²) in [4.78, 5) is 35.7. The van der Waals surface area contributed by atoms with E-state index < -0.39 is 35.5 Å². The highest BCUT2D eigenvalue weighted by molar-refractivity contribution is 6.03. The molecular formula is C54H81N3O11. The first kappa shape index (κ1) is 54.2. The van der Waals surface area contributed by atoms with Crippen LogP contribution >= 0.6 is 0 Å². The van der Waals surface area contributed by atoms with Gasteiger partial charge in [0.25, 0.3) is 0 Å². The zero-order chi connectivity index (χ0) is 49.1. The van der Waals surface area contributed by atoms with Crippen molar-refractivity contribution in [1.29, 1.82) is 0 Å². The summed E-state index contributed by atoms with van der Waals surface area (Å²) in [5.74, 6) is -0.481. The summed E-state index contributed by atoms with van der Waals surface area (Å²) >= 11 is 0. The molecule has 2 aliphatic carbocycles. The SMILES string of the molecule is C=CCOC12Oc3ccc(OC(=O)Nc4ccc(OC)cc4OC)cc3C3C(CCCCO)C(CCCCO)C=C(C(=NOC(C)(C)C)CC1N(C)C(=O)OCCCCCCCCCCCC)C32. The Bertz CT molecular complexity index is 1980. The summed E-state index contributed by atoms with van der Waals surface area (Å²) in [6, 6.07) is 9.70. The first-order chi connectivity index (χ1) is 32.8. The molecule has 6 unspecified atom stereocenters. The number of likely N-dealkylation sites (N-methyl/N-ethyl adjacent to an activating group) is 1. The number of benzene rings is 2. The lowest BCUT2D eigenvalue weighted by atomic mass is 9.55. The Morgan fingerprint density at radius 2 is 1.57 bits per heavy atom. The third-order valence-corrected chi connectivity index (χ3v) is 13.4. The van der Waals surface area contributed by atoms with Crippen molar-refractivity contribution in [3.8, 4) is 23.0 Å². The average molecular weight is 948 g/mol.